The van der Waals surface area contributed by atoms with Crippen molar-refractivity contribution in [1.82, 2.24) is 15.5 Å². The molecule has 21 heavy (non-hydrogen) atoms. The number of nitrogens with one attached hydrogen (secondary N) is 1. The van der Waals surface area contributed by atoms with E-state index in [9.17, 15) is 0 Å². The number of aromatic nitrogens is 2. The van der Waals surface area contributed by atoms with Gasteiger partial charge in [-0.15, -0.1) is 0 Å². The summed E-state index contributed by atoms with van der Waals surface area (Å²) >= 11 is 0. The quantitative estimate of drug-likeness (QED) is 0.912. The molecule has 1 atom stereocenters. The van der Waals surface area contributed by atoms with E-state index >= 15 is 0 Å². The average Bonchev–Trinajstić information content (AvgIpc) is 3.22. The first-order chi connectivity index (χ1) is 10.3. The zero-order valence-electron chi connectivity index (χ0n) is 12.8. The van der Waals surface area contributed by atoms with Crippen LogP contribution in [0.25, 0.3) is 0 Å². The molecule has 4 heteroatoms. The second kappa shape index (κ2) is 5.98. The highest BCUT2D eigenvalue weighted by molar-refractivity contribution is 5.32. The highest BCUT2D eigenvalue weighted by Gasteiger charge is 2.36. The number of hydrogen-bond donors (Lipinski definition) is 1. The molecule has 0 aliphatic carbocycles. The van der Waals surface area contributed by atoms with E-state index in [1.165, 1.54) is 12.0 Å². The maximum Gasteiger partial charge on any atom is 0.243 e. The van der Waals surface area contributed by atoms with Crippen LogP contribution >= 0.6 is 0 Å². The van der Waals surface area contributed by atoms with E-state index in [1.54, 1.807) is 0 Å². The fourth-order valence-electron chi connectivity index (χ4n) is 3.33. The van der Waals surface area contributed by atoms with Crippen molar-refractivity contribution in [2.45, 2.75) is 51.0 Å². The fourth-order valence-corrected chi connectivity index (χ4v) is 3.33. The molecule has 0 amide bonds. The van der Waals surface area contributed by atoms with Gasteiger partial charge in [-0.3, -0.25) is 0 Å². The Kier molecular flexibility index (Phi) is 4.06. The van der Waals surface area contributed by atoms with Gasteiger partial charge in [-0.05, 0) is 37.8 Å². The third-order valence-electron chi connectivity index (χ3n) is 4.76. The summed E-state index contributed by atoms with van der Waals surface area (Å²) in [6, 6.07) is 10.8. The first-order valence-electron chi connectivity index (χ1n) is 7.93. The van der Waals surface area contributed by atoms with Gasteiger partial charge in [0.05, 0.1) is 11.5 Å². The Morgan fingerprint density at radius 2 is 2.00 bits per heavy atom. The Bertz CT molecular complexity index is 569. The maximum atomic E-state index is 5.56. The fraction of sp³-hybridized carbons (Fsp3) is 0.529. The minimum absolute atomic E-state index is 0.151. The first kappa shape index (κ1) is 14.3. The molecule has 1 aromatic heterocycles. The van der Waals surface area contributed by atoms with E-state index in [1.807, 2.05) is 6.07 Å². The predicted molar refractivity (Wildman–Crippen MR) is 82.1 cm³/mol. The highest BCUT2D eigenvalue weighted by atomic mass is 16.5. The van der Waals surface area contributed by atoms with E-state index in [-0.39, 0.29) is 11.5 Å². The molecule has 0 unspecified atom stereocenters. The van der Waals surface area contributed by atoms with Gasteiger partial charge in [-0.25, -0.2) is 0 Å². The summed E-state index contributed by atoms with van der Waals surface area (Å²) in [4.78, 5) is 4.74. The van der Waals surface area contributed by atoms with Crippen LogP contribution in [0, 0.1) is 0 Å². The Balaban J connectivity index is 1.98. The van der Waals surface area contributed by atoms with Crippen LogP contribution in [-0.4, -0.2) is 16.7 Å². The van der Waals surface area contributed by atoms with Gasteiger partial charge in [0.15, 0.2) is 5.82 Å². The number of hydrogen-bond acceptors (Lipinski definition) is 4. The smallest absolute Gasteiger partial charge is 0.243 e. The molecule has 112 valence electrons. The SMILES string of the molecule is CCC(CC)(c1ccccc1)c1noc([C@@H]2CCCN2)n1. The topological polar surface area (TPSA) is 51.0 Å². The highest BCUT2D eigenvalue weighted by Crippen LogP contribution is 2.37. The number of nitrogens with zero attached hydrogens (tertiary/aromatic N) is 2. The normalized spacial score (nSPS) is 19.0. The van der Waals surface area contributed by atoms with Crippen molar-refractivity contribution in [3.8, 4) is 0 Å². The lowest BCUT2D eigenvalue weighted by Crippen LogP contribution is -2.27. The molecular weight excluding hydrogens is 262 g/mol. The zero-order valence-corrected chi connectivity index (χ0v) is 12.8. The molecule has 1 saturated heterocycles. The first-order valence-corrected chi connectivity index (χ1v) is 7.93. The summed E-state index contributed by atoms with van der Waals surface area (Å²) in [6.45, 7) is 5.43. The minimum atomic E-state index is -0.151. The van der Waals surface area contributed by atoms with Gasteiger partial charge in [0.25, 0.3) is 0 Å². The maximum absolute atomic E-state index is 5.56. The van der Waals surface area contributed by atoms with E-state index in [0.717, 1.165) is 37.5 Å². The molecule has 1 aliphatic rings. The lowest BCUT2D eigenvalue weighted by molar-refractivity contribution is 0.330. The lowest BCUT2D eigenvalue weighted by atomic mass is 9.75. The monoisotopic (exact) mass is 285 g/mol. The van der Waals surface area contributed by atoms with Crippen LogP contribution in [0.4, 0.5) is 0 Å². The van der Waals surface area contributed by atoms with Crippen LogP contribution < -0.4 is 5.32 Å². The molecule has 4 nitrogen and oxygen atoms in total. The third kappa shape index (κ3) is 2.48. The third-order valence-corrected chi connectivity index (χ3v) is 4.76. The molecule has 1 N–H and O–H groups in total. The molecule has 2 heterocycles. The van der Waals surface area contributed by atoms with Gasteiger partial charge in [0.1, 0.15) is 0 Å². The van der Waals surface area contributed by atoms with Crippen molar-refractivity contribution in [1.29, 1.82) is 0 Å². The van der Waals surface area contributed by atoms with Gasteiger partial charge in [0, 0.05) is 0 Å². The van der Waals surface area contributed by atoms with Crippen LogP contribution in [0.1, 0.15) is 62.9 Å². The molecule has 1 fully saturated rings. The van der Waals surface area contributed by atoms with E-state index < -0.39 is 0 Å². The van der Waals surface area contributed by atoms with Crippen molar-refractivity contribution in [2.75, 3.05) is 6.54 Å². The number of rotatable bonds is 5. The molecule has 1 aromatic carbocycles. The second-order valence-corrected chi connectivity index (χ2v) is 5.76. The van der Waals surface area contributed by atoms with Crippen LogP contribution in [0.15, 0.2) is 34.9 Å². The molecular formula is C17H23N3O. The molecule has 0 spiro atoms. The summed E-state index contributed by atoms with van der Waals surface area (Å²) < 4.78 is 5.56. The van der Waals surface area contributed by atoms with Crippen molar-refractivity contribution < 1.29 is 4.52 Å². The molecule has 0 radical (unpaired) electrons. The Labute approximate surface area is 126 Å². The summed E-state index contributed by atoms with van der Waals surface area (Å²) in [7, 11) is 0. The number of benzene rings is 1. The van der Waals surface area contributed by atoms with Gasteiger partial charge >= 0.3 is 0 Å². The summed E-state index contributed by atoms with van der Waals surface area (Å²) in [5.74, 6) is 1.56. The van der Waals surface area contributed by atoms with Crippen molar-refractivity contribution in [3.05, 3.63) is 47.6 Å². The zero-order chi connectivity index (χ0) is 14.7. The largest absolute Gasteiger partial charge is 0.338 e. The Morgan fingerprint density at radius 3 is 2.62 bits per heavy atom. The minimum Gasteiger partial charge on any atom is -0.338 e. The molecule has 3 rings (SSSR count). The second-order valence-electron chi connectivity index (χ2n) is 5.76. The Morgan fingerprint density at radius 1 is 1.24 bits per heavy atom. The molecule has 2 aromatic rings. The molecule has 1 aliphatic heterocycles. The van der Waals surface area contributed by atoms with Gasteiger partial charge in [-0.2, -0.15) is 4.98 Å². The van der Waals surface area contributed by atoms with Gasteiger partial charge in [0.2, 0.25) is 5.89 Å². The van der Waals surface area contributed by atoms with Gasteiger partial charge in [-0.1, -0.05) is 49.3 Å². The van der Waals surface area contributed by atoms with Crippen LogP contribution in [0.5, 0.6) is 0 Å². The molecule has 0 bridgehead atoms. The van der Waals surface area contributed by atoms with Crippen LogP contribution in [0.2, 0.25) is 0 Å². The lowest BCUT2D eigenvalue weighted by Gasteiger charge is -2.28. The van der Waals surface area contributed by atoms with Crippen LogP contribution in [0.3, 0.4) is 0 Å². The summed E-state index contributed by atoms with van der Waals surface area (Å²) in [6.07, 6.45) is 4.18. The standard InChI is InChI=1S/C17H23N3O/c1-3-17(4-2,13-9-6-5-7-10-13)16-19-15(21-20-16)14-11-8-12-18-14/h5-7,9-10,14,18H,3-4,8,11-12H2,1-2H3/t14-/m0/s1. The van der Waals surface area contributed by atoms with Crippen molar-refractivity contribution in [2.24, 2.45) is 0 Å². The summed E-state index contributed by atoms with van der Waals surface area (Å²) in [5, 5.41) is 7.74. The molecule has 0 saturated carbocycles. The summed E-state index contributed by atoms with van der Waals surface area (Å²) in [5.41, 5.74) is 1.11. The van der Waals surface area contributed by atoms with E-state index in [0.29, 0.717) is 0 Å². The van der Waals surface area contributed by atoms with E-state index in [4.69, 9.17) is 9.51 Å². The van der Waals surface area contributed by atoms with Crippen molar-refractivity contribution >= 4 is 0 Å². The van der Waals surface area contributed by atoms with Crippen molar-refractivity contribution in [3.63, 3.8) is 0 Å². The van der Waals surface area contributed by atoms with Gasteiger partial charge < -0.3 is 9.84 Å². The van der Waals surface area contributed by atoms with Crippen LogP contribution in [-0.2, 0) is 5.41 Å². The predicted octanol–water partition coefficient (Wildman–Crippen LogP) is 3.60. The van der Waals surface area contributed by atoms with E-state index in [2.05, 4.69) is 48.6 Å². The Hall–Kier alpha value is -1.68. The average molecular weight is 285 g/mol.